The molecule has 3 saturated heterocycles. The fourth-order valence-electron chi connectivity index (χ4n) is 4.68. The monoisotopic (exact) mass is 347 g/mol. The second-order valence-corrected chi connectivity index (χ2v) is 8.26. The second kappa shape index (κ2) is 6.72. The van der Waals surface area contributed by atoms with Gasteiger partial charge in [-0.1, -0.05) is 5.16 Å². The zero-order valence-electron chi connectivity index (χ0n) is 15.4. The van der Waals surface area contributed by atoms with E-state index in [1.165, 1.54) is 6.42 Å². The number of ether oxygens (including phenoxy) is 1. The summed E-state index contributed by atoms with van der Waals surface area (Å²) in [6, 6.07) is 0. The van der Waals surface area contributed by atoms with Crippen molar-refractivity contribution in [2.24, 2.45) is 11.3 Å². The van der Waals surface area contributed by atoms with Gasteiger partial charge in [-0.2, -0.15) is 0 Å². The second-order valence-electron chi connectivity index (χ2n) is 8.26. The fourth-order valence-corrected chi connectivity index (χ4v) is 4.68. The number of carbonyl (C=O) groups excluding carboxylic acids is 1. The lowest BCUT2D eigenvalue weighted by molar-refractivity contribution is -0.128. The van der Waals surface area contributed by atoms with Crippen molar-refractivity contribution in [1.29, 1.82) is 0 Å². The standard InChI is InChI=1S/C19H29N3O3/c1-14-17(15(2)25-20-14)11-22-13-19(9-18(22)23)4-6-21(7-5-19)10-16-3-8-24-12-16/h16H,3-13H2,1-2H3/t16-/m1/s1. The molecule has 0 radical (unpaired) electrons. The average molecular weight is 347 g/mol. The van der Waals surface area contributed by atoms with Crippen molar-refractivity contribution in [3.8, 4) is 0 Å². The Morgan fingerprint density at radius 1 is 1.28 bits per heavy atom. The lowest BCUT2D eigenvalue weighted by atomic mass is 9.77. The van der Waals surface area contributed by atoms with Gasteiger partial charge in [0.25, 0.3) is 0 Å². The smallest absolute Gasteiger partial charge is 0.223 e. The minimum Gasteiger partial charge on any atom is -0.381 e. The third-order valence-corrected chi connectivity index (χ3v) is 6.39. The van der Waals surface area contributed by atoms with E-state index in [1.54, 1.807) is 0 Å². The largest absolute Gasteiger partial charge is 0.381 e. The van der Waals surface area contributed by atoms with Gasteiger partial charge in [0, 0.05) is 31.7 Å². The first-order valence-corrected chi connectivity index (χ1v) is 9.54. The van der Waals surface area contributed by atoms with Crippen LogP contribution in [0.2, 0.25) is 0 Å². The SMILES string of the molecule is Cc1noc(C)c1CN1CC2(CCN(C[C@H]3CCOC3)CC2)CC1=O. The third-order valence-electron chi connectivity index (χ3n) is 6.39. The van der Waals surface area contributed by atoms with E-state index in [1.807, 2.05) is 18.7 Å². The van der Waals surface area contributed by atoms with E-state index in [2.05, 4.69) is 10.1 Å². The highest BCUT2D eigenvalue weighted by atomic mass is 16.5. The summed E-state index contributed by atoms with van der Waals surface area (Å²) in [5.74, 6) is 1.83. The van der Waals surface area contributed by atoms with Crippen LogP contribution in [0.15, 0.2) is 4.52 Å². The minimum absolute atomic E-state index is 0.179. The quantitative estimate of drug-likeness (QED) is 0.835. The van der Waals surface area contributed by atoms with Crippen LogP contribution in [-0.4, -0.2) is 60.3 Å². The van der Waals surface area contributed by atoms with E-state index >= 15 is 0 Å². The molecule has 1 aromatic heterocycles. The van der Waals surface area contributed by atoms with Crippen LogP contribution < -0.4 is 0 Å². The number of amides is 1. The van der Waals surface area contributed by atoms with Crippen molar-refractivity contribution in [2.75, 3.05) is 39.4 Å². The van der Waals surface area contributed by atoms with Crippen LogP contribution in [0, 0.1) is 25.2 Å². The van der Waals surface area contributed by atoms with Gasteiger partial charge in [0.15, 0.2) is 0 Å². The van der Waals surface area contributed by atoms with E-state index in [0.29, 0.717) is 18.9 Å². The molecule has 0 aliphatic carbocycles. The van der Waals surface area contributed by atoms with E-state index in [4.69, 9.17) is 9.26 Å². The Balaban J connectivity index is 1.34. The van der Waals surface area contributed by atoms with Gasteiger partial charge < -0.3 is 19.1 Å². The average Bonchev–Trinajstić information content (AvgIpc) is 3.28. The predicted octanol–water partition coefficient (Wildman–Crippen LogP) is 2.14. The lowest BCUT2D eigenvalue weighted by Crippen LogP contribution is -2.43. The van der Waals surface area contributed by atoms with Gasteiger partial charge in [-0.25, -0.2) is 0 Å². The molecule has 0 aromatic carbocycles. The van der Waals surface area contributed by atoms with Crippen LogP contribution in [-0.2, 0) is 16.1 Å². The maximum Gasteiger partial charge on any atom is 0.223 e. The highest BCUT2D eigenvalue weighted by Gasteiger charge is 2.45. The number of aryl methyl sites for hydroxylation is 2. The summed E-state index contributed by atoms with van der Waals surface area (Å²) in [6.45, 7) is 10.6. The molecule has 3 aliphatic heterocycles. The van der Waals surface area contributed by atoms with Crippen molar-refractivity contribution in [1.82, 2.24) is 15.0 Å². The summed E-state index contributed by atoms with van der Waals surface area (Å²) in [7, 11) is 0. The van der Waals surface area contributed by atoms with Crippen molar-refractivity contribution in [2.45, 2.75) is 46.1 Å². The Hall–Kier alpha value is -1.40. The predicted molar refractivity (Wildman–Crippen MR) is 93.0 cm³/mol. The number of likely N-dealkylation sites (tertiary alicyclic amines) is 2. The van der Waals surface area contributed by atoms with Crippen molar-refractivity contribution < 1.29 is 14.1 Å². The summed E-state index contributed by atoms with van der Waals surface area (Å²) >= 11 is 0. The van der Waals surface area contributed by atoms with Gasteiger partial charge in [-0.3, -0.25) is 4.79 Å². The molecule has 0 unspecified atom stereocenters. The number of rotatable bonds is 4. The molecular formula is C19H29N3O3. The first kappa shape index (κ1) is 17.0. The van der Waals surface area contributed by atoms with Gasteiger partial charge in [0.1, 0.15) is 5.76 Å². The topological polar surface area (TPSA) is 58.8 Å². The maximum atomic E-state index is 12.6. The summed E-state index contributed by atoms with van der Waals surface area (Å²) < 4.78 is 10.7. The highest BCUT2D eigenvalue weighted by Crippen LogP contribution is 2.42. The van der Waals surface area contributed by atoms with Crippen LogP contribution in [0.5, 0.6) is 0 Å². The molecule has 1 atom stereocenters. The van der Waals surface area contributed by atoms with Gasteiger partial charge in [-0.15, -0.1) is 0 Å². The van der Waals surface area contributed by atoms with Crippen LogP contribution >= 0.6 is 0 Å². The van der Waals surface area contributed by atoms with Gasteiger partial charge in [0.05, 0.1) is 18.8 Å². The molecule has 4 rings (SSSR count). The van der Waals surface area contributed by atoms with E-state index in [9.17, 15) is 4.79 Å². The normalized spacial score (nSPS) is 26.9. The molecule has 3 fully saturated rings. The first-order valence-electron chi connectivity index (χ1n) is 9.54. The van der Waals surface area contributed by atoms with Gasteiger partial charge in [-0.05, 0) is 57.5 Å². The molecule has 25 heavy (non-hydrogen) atoms. The minimum atomic E-state index is 0.179. The van der Waals surface area contributed by atoms with Crippen LogP contribution in [0.3, 0.4) is 0 Å². The molecule has 138 valence electrons. The summed E-state index contributed by atoms with van der Waals surface area (Å²) in [4.78, 5) is 17.2. The molecule has 6 heteroatoms. The number of aromatic nitrogens is 1. The fraction of sp³-hybridized carbons (Fsp3) is 0.789. The number of hydrogen-bond acceptors (Lipinski definition) is 5. The number of carbonyl (C=O) groups is 1. The van der Waals surface area contributed by atoms with E-state index < -0.39 is 0 Å². The molecule has 6 nitrogen and oxygen atoms in total. The summed E-state index contributed by atoms with van der Waals surface area (Å²) in [6.07, 6.45) is 4.16. The molecule has 0 saturated carbocycles. The molecule has 1 spiro atoms. The number of piperidine rings is 1. The zero-order valence-corrected chi connectivity index (χ0v) is 15.4. The molecule has 0 bridgehead atoms. The Bertz CT molecular complexity index is 608. The summed E-state index contributed by atoms with van der Waals surface area (Å²) in [5.41, 5.74) is 2.16. The van der Waals surface area contributed by atoms with Crippen molar-refractivity contribution >= 4 is 5.91 Å². The van der Waals surface area contributed by atoms with Crippen molar-refractivity contribution in [3.63, 3.8) is 0 Å². The summed E-state index contributed by atoms with van der Waals surface area (Å²) in [5, 5.41) is 4.02. The van der Waals surface area contributed by atoms with Gasteiger partial charge >= 0.3 is 0 Å². The molecule has 1 amide bonds. The molecule has 1 aromatic rings. The third kappa shape index (κ3) is 3.47. The first-order chi connectivity index (χ1) is 12.0. The zero-order chi connectivity index (χ0) is 17.4. The number of nitrogens with zero attached hydrogens (tertiary/aromatic N) is 3. The highest BCUT2D eigenvalue weighted by molar-refractivity contribution is 5.79. The van der Waals surface area contributed by atoms with Gasteiger partial charge in [0.2, 0.25) is 5.91 Å². The molecular weight excluding hydrogens is 318 g/mol. The maximum absolute atomic E-state index is 12.6. The van der Waals surface area contributed by atoms with Crippen LogP contribution in [0.4, 0.5) is 0 Å². The number of hydrogen-bond donors (Lipinski definition) is 0. The van der Waals surface area contributed by atoms with Crippen LogP contribution in [0.25, 0.3) is 0 Å². The molecule has 4 heterocycles. The molecule has 0 N–H and O–H groups in total. The Morgan fingerprint density at radius 3 is 2.72 bits per heavy atom. The van der Waals surface area contributed by atoms with E-state index in [0.717, 1.165) is 69.3 Å². The Kier molecular flexibility index (Phi) is 4.58. The van der Waals surface area contributed by atoms with Crippen molar-refractivity contribution in [3.05, 3.63) is 17.0 Å². The lowest BCUT2D eigenvalue weighted by Gasteiger charge is -2.39. The Morgan fingerprint density at radius 2 is 2.08 bits per heavy atom. The van der Waals surface area contributed by atoms with Crippen LogP contribution in [0.1, 0.15) is 42.7 Å². The Labute approximate surface area is 149 Å². The van der Waals surface area contributed by atoms with E-state index in [-0.39, 0.29) is 11.3 Å². The molecule has 3 aliphatic rings.